The van der Waals surface area contributed by atoms with E-state index in [9.17, 15) is 8.78 Å². The van der Waals surface area contributed by atoms with E-state index in [1.807, 2.05) is 48.7 Å². The summed E-state index contributed by atoms with van der Waals surface area (Å²) in [6.45, 7) is 0.658. The van der Waals surface area contributed by atoms with Gasteiger partial charge in [0.2, 0.25) is 0 Å². The third-order valence-electron chi connectivity index (χ3n) is 7.21. The summed E-state index contributed by atoms with van der Waals surface area (Å²) in [5, 5.41) is 9.85. The summed E-state index contributed by atoms with van der Waals surface area (Å²) in [6, 6.07) is 22.4. The lowest BCUT2D eigenvalue weighted by Gasteiger charge is -2.15. The number of fused-ring (bicyclic) bond motifs is 2. The predicted octanol–water partition coefficient (Wildman–Crippen LogP) is 6.68. The van der Waals surface area contributed by atoms with Gasteiger partial charge in [0.15, 0.2) is 0 Å². The molecule has 1 aliphatic heterocycles. The molecule has 0 aliphatic carbocycles. The van der Waals surface area contributed by atoms with Crippen LogP contribution < -0.4 is 0 Å². The Morgan fingerprint density at radius 3 is 2.68 bits per heavy atom. The predicted molar refractivity (Wildman–Crippen MR) is 145 cm³/mol. The van der Waals surface area contributed by atoms with Gasteiger partial charge in [-0.25, -0.2) is 8.78 Å². The van der Waals surface area contributed by atoms with E-state index in [-0.39, 0.29) is 13.0 Å². The molecule has 0 atom stereocenters. The van der Waals surface area contributed by atoms with E-state index in [4.69, 9.17) is 0 Å². The van der Waals surface area contributed by atoms with Crippen molar-refractivity contribution in [3.63, 3.8) is 0 Å². The van der Waals surface area contributed by atoms with E-state index in [1.165, 1.54) is 0 Å². The van der Waals surface area contributed by atoms with E-state index in [0.717, 1.165) is 61.1 Å². The number of pyridine rings is 2. The second-order valence-electron chi connectivity index (χ2n) is 9.90. The molecule has 2 N–H and O–H groups in total. The van der Waals surface area contributed by atoms with Gasteiger partial charge in [0, 0.05) is 65.5 Å². The minimum absolute atomic E-state index is 0.0861. The van der Waals surface area contributed by atoms with Gasteiger partial charge in [-0.15, -0.1) is 0 Å². The van der Waals surface area contributed by atoms with Crippen molar-refractivity contribution in [1.82, 2.24) is 30.0 Å². The fraction of sp³-hybridized carbons (Fsp3) is 0.167. The lowest BCUT2D eigenvalue weighted by atomic mass is 10.0. The molecule has 1 aliphatic rings. The zero-order valence-corrected chi connectivity index (χ0v) is 20.5. The third kappa shape index (κ3) is 4.13. The van der Waals surface area contributed by atoms with Crippen LogP contribution in [-0.4, -0.2) is 49.1 Å². The zero-order chi connectivity index (χ0) is 25.7. The summed E-state index contributed by atoms with van der Waals surface area (Å²) in [7, 11) is 0. The quantitative estimate of drug-likeness (QED) is 0.274. The Kier molecular flexibility index (Phi) is 5.30. The largest absolute Gasteiger partial charge is 0.353 e. The summed E-state index contributed by atoms with van der Waals surface area (Å²) >= 11 is 0. The molecule has 1 fully saturated rings. The number of nitrogens with zero attached hydrogens (tertiary/aromatic N) is 4. The topological polar surface area (TPSA) is 73.5 Å². The molecule has 1 saturated heterocycles. The Bertz CT molecular complexity index is 1770. The molecule has 0 bridgehead atoms. The number of rotatable bonds is 5. The zero-order valence-electron chi connectivity index (χ0n) is 20.5. The average molecular weight is 507 g/mol. The van der Waals surface area contributed by atoms with Crippen LogP contribution in [0.2, 0.25) is 0 Å². The van der Waals surface area contributed by atoms with Crippen LogP contribution in [0.15, 0.2) is 85.3 Å². The third-order valence-corrected chi connectivity index (χ3v) is 7.21. The normalized spacial score (nSPS) is 15.5. The molecule has 6 nitrogen and oxygen atoms in total. The molecule has 0 amide bonds. The monoisotopic (exact) mass is 506 g/mol. The van der Waals surface area contributed by atoms with Gasteiger partial charge in [0.1, 0.15) is 5.69 Å². The molecule has 5 heterocycles. The van der Waals surface area contributed by atoms with Gasteiger partial charge in [0.25, 0.3) is 5.92 Å². The molecule has 38 heavy (non-hydrogen) atoms. The first-order valence-corrected chi connectivity index (χ1v) is 12.6. The van der Waals surface area contributed by atoms with Gasteiger partial charge >= 0.3 is 0 Å². The smallest absolute Gasteiger partial charge is 0.261 e. The first kappa shape index (κ1) is 22.7. The highest BCUT2D eigenvalue weighted by Gasteiger charge is 2.37. The highest BCUT2D eigenvalue weighted by Crippen LogP contribution is 2.35. The first-order valence-electron chi connectivity index (χ1n) is 12.6. The minimum atomic E-state index is -2.60. The summed E-state index contributed by atoms with van der Waals surface area (Å²) in [5.41, 5.74) is 8.51. The summed E-state index contributed by atoms with van der Waals surface area (Å²) in [5.74, 6) is -2.60. The number of hydrogen-bond acceptors (Lipinski definition) is 4. The van der Waals surface area contributed by atoms with E-state index in [0.29, 0.717) is 13.1 Å². The molecule has 188 valence electrons. The van der Waals surface area contributed by atoms with Crippen molar-refractivity contribution in [2.45, 2.75) is 18.9 Å². The van der Waals surface area contributed by atoms with Crippen molar-refractivity contribution in [2.75, 3.05) is 13.1 Å². The van der Waals surface area contributed by atoms with Crippen LogP contribution in [0.25, 0.3) is 55.6 Å². The number of benzene rings is 2. The van der Waals surface area contributed by atoms with E-state index in [1.54, 1.807) is 17.3 Å². The Labute approximate surface area is 217 Å². The van der Waals surface area contributed by atoms with Crippen molar-refractivity contribution >= 4 is 21.8 Å². The number of aromatic nitrogens is 5. The molecule has 0 spiro atoms. The fourth-order valence-electron chi connectivity index (χ4n) is 5.36. The molecular formula is C30H24F2N6. The SMILES string of the molecule is FC1(F)CCN(Cc2cncc(-c3ccc4[nH]nc(-c5cc6c(-c7ccccn7)cccc6[nH]5)c4c3)c2)C1. The average Bonchev–Trinajstić information content (AvgIpc) is 3.64. The maximum atomic E-state index is 13.6. The standard InChI is InChI=1S/C30H24F2N6/c31-30(32)9-11-38(18-30)17-19-12-21(16-33-15-19)20-7-8-27-24(13-20)29(37-36-27)28-14-23-22(4-3-6-26(23)35-28)25-5-1-2-10-34-25/h1-8,10,12-16,35H,9,11,17-18H2,(H,36,37). The second-order valence-corrected chi connectivity index (χ2v) is 9.90. The molecule has 4 aromatic heterocycles. The minimum Gasteiger partial charge on any atom is -0.353 e. The molecular weight excluding hydrogens is 482 g/mol. The second kappa shape index (κ2) is 8.85. The number of halogens is 2. The van der Waals surface area contributed by atoms with Gasteiger partial charge in [-0.2, -0.15) is 5.10 Å². The van der Waals surface area contributed by atoms with Crippen LogP contribution in [0.5, 0.6) is 0 Å². The molecule has 0 saturated carbocycles. The summed E-state index contributed by atoms with van der Waals surface area (Å²) in [6.07, 6.45) is 5.28. The lowest BCUT2D eigenvalue weighted by Crippen LogP contribution is -2.24. The molecule has 6 aromatic rings. The van der Waals surface area contributed by atoms with Crippen LogP contribution in [0.3, 0.4) is 0 Å². The number of nitrogens with one attached hydrogen (secondary N) is 2. The number of hydrogen-bond donors (Lipinski definition) is 2. The van der Waals surface area contributed by atoms with Gasteiger partial charge in [0.05, 0.1) is 23.4 Å². The number of H-pyrrole nitrogens is 2. The van der Waals surface area contributed by atoms with Crippen LogP contribution >= 0.6 is 0 Å². The Morgan fingerprint density at radius 2 is 1.84 bits per heavy atom. The van der Waals surface area contributed by atoms with Crippen LogP contribution in [-0.2, 0) is 6.54 Å². The van der Waals surface area contributed by atoms with Crippen LogP contribution in [0, 0.1) is 0 Å². The summed E-state index contributed by atoms with van der Waals surface area (Å²) < 4.78 is 27.3. The molecule has 0 radical (unpaired) electrons. The fourth-order valence-corrected chi connectivity index (χ4v) is 5.36. The number of alkyl halides is 2. The van der Waals surface area contributed by atoms with Gasteiger partial charge in [-0.1, -0.05) is 24.3 Å². The Morgan fingerprint density at radius 1 is 0.895 bits per heavy atom. The molecule has 7 rings (SSSR count). The molecule has 8 heteroatoms. The van der Waals surface area contributed by atoms with Crippen LogP contribution in [0.4, 0.5) is 8.78 Å². The van der Waals surface area contributed by atoms with Crippen molar-refractivity contribution in [3.8, 4) is 33.8 Å². The highest BCUT2D eigenvalue weighted by atomic mass is 19.3. The lowest BCUT2D eigenvalue weighted by molar-refractivity contribution is 0.0115. The van der Waals surface area contributed by atoms with Gasteiger partial charge in [-0.3, -0.25) is 20.0 Å². The van der Waals surface area contributed by atoms with Crippen LogP contribution in [0.1, 0.15) is 12.0 Å². The number of likely N-dealkylation sites (tertiary alicyclic amines) is 1. The van der Waals surface area contributed by atoms with Crippen molar-refractivity contribution in [2.24, 2.45) is 0 Å². The molecule has 0 unspecified atom stereocenters. The highest BCUT2D eigenvalue weighted by molar-refractivity contribution is 6.01. The maximum absolute atomic E-state index is 13.6. The maximum Gasteiger partial charge on any atom is 0.261 e. The number of aromatic amines is 2. The summed E-state index contributed by atoms with van der Waals surface area (Å²) in [4.78, 5) is 14.2. The van der Waals surface area contributed by atoms with E-state index in [2.05, 4.69) is 49.4 Å². The molecule has 2 aromatic carbocycles. The Hall–Kier alpha value is -4.43. The van der Waals surface area contributed by atoms with E-state index >= 15 is 0 Å². The van der Waals surface area contributed by atoms with Crippen molar-refractivity contribution < 1.29 is 8.78 Å². The Balaban J connectivity index is 1.24. The van der Waals surface area contributed by atoms with E-state index < -0.39 is 5.92 Å². The van der Waals surface area contributed by atoms with Gasteiger partial charge in [-0.05, 0) is 53.6 Å². The van der Waals surface area contributed by atoms with Crippen molar-refractivity contribution in [1.29, 1.82) is 0 Å². The van der Waals surface area contributed by atoms with Crippen molar-refractivity contribution in [3.05, 3.63) is 90.9 Å². The van der Waals surface area contributed by atoms with Gasteiger partial charge < -0.3 is 4.98 Å². The first-order chi connectivity index (χ1) is 18.5.